The van der Waals surface area contributed by atoms with Gasteiger partial charge < -0.3 is 4.57 Å². The van der Waals surface area contributed by atoms with Gasteiger partial charge in [-0.3, -0.25) is 0 Å². The third-order valence-electron chi connectivity index (χ3n) is 11.3. The summed E-state index contributed by atoms with van der Waals surface area (Å²) < 4.78 is 13.0. The minimum atomic E-state index is -2.43. The second kappa shape index (κ2) is 12.4. The van der Waals surface area contributed by atoms with Gasteiger partial charge in [-0.05, 0) is 113 Å². The van der Waals surface area contributed by atoms with Crippen molar-refractivity contribution in [1.29, 1.82) is 0 Å². The minimum absolute atomic E-state index is 0.591. The number of fused-ring (bicyclic) bond motifs is 2. The van der Waals surface area contributed by atoms with Crippen LogP contribution in [0.4, 0.5) is 0 Å². The Balaban J connectivity index is 1.21. The topological polar surface area (TPSA) is 55.7 Å². The van der Waals surface area contributed by atoms with Gasteiger partial charge in [-0.15, -0.1) is 0 Å². The van der Waals surface area contributed by atoms with E-state index in [9.17, 15) is 4.57 Å². The lowest BCUT2D eigenvalue weighted by Crippen LogP contribution is -2.02. The van der Waals surface area contributed by atoms with Crippen LogP contribution in [-0.2, 0) is 4.57 Å². The Kier molecular flexibility index (Phi) is 7.23. The Labute approximate surface area is 323 Å². The van der Waals surface area contributed by atoms with Crippen LogP contribution in [0, 0.1) is 0 Å². The monoisotopic (exact) mass is 735 g/mol. The zero-order valence-electron chi connectivity index (χ0n) is 30.9. The predicted molar refractivity (Wildman–Crippen MR) is 237 cm³/mol. The van der Waals surface area contributed by atoms with Crippen molar-refractivity contribution in [2.75, 3.05) is 13.3 Å². The van der Waals surface area contributed by atoms with Gasteiger partial charge in [0.25, 0.3) is 0 Å². The van der Waals surface area contributed by atoms with Gasteiger partial charge in [0.1, 0.15) is 7.14 Å². The van der Waals surface area contributed by atoms with Gasteiger partial charge in [0.2, 0.25) is 0 Å². The first-order valence-corrected chi connectivity index (χ1v) is 21.5. The van der Waals surface area contributed by atoms with E-state index in [4.69, 9.17) is 15.0 Å². The molecule has 5 heteroatoms. The van der Waals surface area contributed by atoms with Crippen molar-refractivity contribution in [2.24, 2.45) is 0 Å². The van der Waals surface area contributed by atoms with E-state index < -0.39 is 7.14 Å². The van der Waals surface area contributed by atoms with Crippen LogP contribution in [0.5, 0.6) is 0 Å². The fourth-order valence-corrected chi connectivity index (χ4v) is 9.52. The van der Waals surface area contributed by atoms with E-state index >= 15 is 0 Å². The Morgan fingerprint density at radius 2 is 0.786 bits per heavy atom. The highest BCUT2D eigenvalue weighted by atomic mass is 31.2. The van der Waals surface area contributed by atoms with Crippen molar-refractivity contribution in [3.05, 3.63) is 170 Å². The van der Waals surface area contributed by atoms with Crippen LogP contribution in [0.25, 0.3) is 110 Å². The smallest absolute Gasteiger partial charge is 0.164 e. The molecule has 1 heterocycles. The maximum Gasteiger partial charge on any atom is 0.164 e. The van der Waals surface area contributed by atoms with Crippen LogP contribution >= 0.6 is 7.14 Å². The SMILES string of the molecule is CP(C)(=O)c1cccc(-c2cccc(-c3nc(-c4ccccc4)nc(-c4cc5ccc6cccc7c8cccc9ccc%10cccc(c(c4)c5c67)c%10c98)n3)c2)c1. The molecule has 0 aliphatic heterocycles. The zero-order valence-corrected chi connectivity index (χ0v) is 31.8. The molecule has 0 bridgehead atoms. The van der Waals surface area contributed by atoms with Crippen molar-refractivity contribution < 1.29 is 4.57 Å². The summed E-state index contributed by atoms with van der Waals surface area (Å²) in [6.07, 6.45) is 0. The van der Waals surface area contributed by atoms with Crippen molar-refractivity contribution >= 4 is 77.1 Å². The number of rotatable bonds is 5. The number of hydrogen-bond donors (Lipinski definition) is 0. The summed E-state index contributed by atoms with van der Waals surface area (Å²) in [5.74, 6) is 1.81. The largest absolute Gasteiger partial charge is 0.319 e. The molecule has 11 rings (SSSR count). The van der Waals surface area contributed by atoms with Crippen LogP contribution in [-0.4, -0.2) is 28.3 Å². The van der Waals surface area contributed by atoms with Gasteiger partial charge in [0, 0.05) is 22.0 Å². The fourth-order valence-electron chi connectivity index (χ4n) is 8.62. The highest BCUT2D eigenvalue weighted by molar-refractivity contribution is 7.70. The van der Waals surface area contributed by atoms with Crippen molar-refractivity contribution in [1.82, 2.24) is 15.0 Å². The van der Waals surface area contributed by atoms with Gasteiger partial charge in [-0.1, -0.05) is 146 Å². The van der Waals surface area contributed by atoms with Gasteiger partial charge >= 0.3 is 0 Å². The van der Waals surface area contributed by atoms with Crippen molar-refractivity contribution in [3.8, 4) is 45.3 Å². The molecule has 0 aliphatic rings. The van der Waals surface area contributed by atoms with Gasteiger partial charge in [0.05, 0.1) is 0 Å². The Morgan fingerprint density at radius 1 is 0.339 bits per heavy atom. The molecule has 0 spiro atoms. The summed E-state index contributed by atoms with van der Waals surface area (Å²) in [6, 6.07) is 60.0. The third kappa shape index (κ3) is 5.21. The normalized spacial score (nSPS) is 12.2. The summed E-state index contributed by atoms with van der Waals surface area (Å²) in [5, 5.41) is 15.6. The second-order valence-electron chi connectivity index (χ2n) is 15.1. The summed E-state index contributed by atoms with van der Waals surface area (Å²) >= 11 is 0. The molecule has 0 radical (unpaired) electrons. The fraction of sp³-hybridized carbons (Fsp3) is 0.0392. The van der Waals surface area contributed by atoms with E-state index in [1.165, 1.54) is 53.9 Å². The quantitative estimate of drug-likeness (QED) is 0.130. The van der Waals surface area contributed by atoms with Crippen LogP contribution in [0.15, 0.2) is 170 Å². The van der Waals surface area contributed by atoms with E-state index in [1.54, 1.807) is 0 Å². The highest BCUT2D eigenvalue weighted by Crippen LogP contribution is 2.44. The molecule has 0 amide bonds. The van der Waals surface area contributed by atoms with E-state index in [2.05, 4.69) is 115 Å². The van der Waals surface area contributed by atoms with Crippen LogP contribution in [0.3, 0.4) is 0 Å². The number of benzene rings is 9. The molecular formula is C51H34N3OP. The average molecular weight is 736 g/mol. The van der Waals surface area contributed by atoms with E-state index in [-0.39, 0.29) is 0 Å². The maximum atomic E-state index is 13.0. The molecule has 56 heavy (non-hydrogen) atoms. The van der Waals surface area contributed by atoms with Crippen LogP contribution in [0.2, 0.25) is 0 Å². The number of aromatic nitrogens is 3. The summed E-state index contributed by atoms with van der Waals surface area (Å²) in [4.78, 5) is 15.5. The molecule has 264 valence electrons. The van der Waals surface area contributed by atoms with Crippen LogP contribution < -0.4 is 5.30 Å². The number of hydrogen-bond acceptors (Lipinski definition) is 4. The highest BCUT2D eigenvalue weighted by Gasteiger charge is 2.19. The molecule has 11 aromatic rings. The Morgan fingerprint density at radius 3 is 1.39 bits per heavy atom. The molecule has 4 nitrogen and oxygen atoms in total. The van der Waals surface area contributed by atoms with E-state index in [0.717, 1.165) is 43.9 Å². The first-order valence-electron chi connectivity index (χ1n) is 18.9. The first kappa shape index (κ1) is 32.7. The standard InChI is InChI=1S/C51H34N3OP/c1-56(2,55)40-19-7-17-36(29-40)35-16-6-18-38(27-35)50-52-49(34-11-4-3-5-12-34)53-51(54-50)39-28-37-26-25-33-14-9-21-42-41-20-8-13-31-23-24-32-15-10-22-43(47(32)45(31)41)44(30-39)48(37)46(33)42/h3-30H,1-2H3. The second-order valence-corrected chi connectivity index (χ2v) is 18.3. The summed E-state index contributed by atoms with van der Waals surface area (Å²) in [5.41, 5.74) is 4.73. The van der Waals surface area contributed by atoms with Gasteiger partial charge in [-0.2, -0.15) is 0 Å². The summed E-state index contributed by atoms with van der Waals surface area (Å²) in [7, 11) is -2.43. The lowest BCUT2D eigenvalue weighted by Gasteiger charge is -2.17. The lowest BCUT2D eigenvalue weighted by molar-refractivity contribution is 0.588. The van der Waals surface area contributed by atoms with E-state index in [1.807, 2.05) is 67.9 Å². The number of nitrogens with zero attached hydrogens (tertiary/aromatic N) is 3. The molecule has 0 N–H and O–H groups in total. The average Bonchev–Trinajstić information content (AvgIpc) is 3.24. The molecule has 0 atom stereocenters. The van der Waals surface area contributed by atoms with Crippen molar-refractivity contribution in [2.45, 2.75) is 0 Å². The van der Waals surface area contributed by atoms with Crippen LogP contribution in [0.1, 0.15) is 0 Å². The minimum Gasteiger partial charge on any atom is -0.319 e. The lowest BCUT2D eigenvalue weighted by atomic mass is 9.87. The molecule has 1 aromatic heterocycles. The third-order valence-corrected chi connectivity index (χ3v) is 12.8. The molecule has 0 aliphatic carbocycles. The van der Waals surface area contributed by atoms with Crippen molar-refractivity contribution in [3.63, 3.8) is 0 Å². The van der Waals surface area contributed by atoms with E-state index in [0.29, 0.717) is 17.5 Å². The zero-order chi connectivity index (χ0) is 37.5. The Hall–Kier alpha value is -6.74. The molecule has 0 fully saturated rings. The maximum absolute atomic E-state index is 13.0. The summed E-state index contributed by atoms with van der Waals surface area (Å²) in [6.45, 7) is 3.62. The molecule has 10 aromatic carbocycles. The first-order chi connectivity index (χ1) is 27.4. The molecular weight excluding hydrogens is 702 g/mol. The molecule has 0 saturated heterocycles. The van der Waals surface area contributed by atoms with Gasteiger partial charge in [0.15, 0.2) is 17.5 Å². The molecule has 0 unspecified atom stereocenters. The predicted octanol–water partition coefficient (Wildman–Crippen LogP) is 13.1. The van der Waals surface area contributed by atoms with Gasteiger partial charge in [-0.25, -0.2) is 15.0 Å². The Bertz CT molecular complexity index is 3420. The molecule has 0 saturated carbocycles.